The summed E-state index contributed by atoms with van der Waals surface area (Å²) >= 11 is 0. The zero-order valence-electron chi connectivity index (χ0n) is 25.2. The number of fused-ring (bicyclic) bond motifs is 4. The molecule has 0 aliphatic carbocycles. The third-order valence-corrected chi connectivity index (χ3v) is 8.50. The summed E-state index contributed by atoms with van der Waals surface area (Å²) in [5.74, 6) is -0.343. The minimum absolute atomic E-state index is 0.0842. The standard InChI is InChI=1S/C36H39N5O2/c1-4-8-25(2)41-35(42)31-17-16-28(21-32(31)36(41)43)23-37-22-26-12-14-27(15-13-26)24-39(3)19-20-40-33-11-6-5-9-29(33)30-10-7-18-38-34(30)40/h5-7,9-18,21,25,37H,4,8,19-20,22-24H2,1-3H3. The largest absolute Gasteiger partial charge is 0.324 e. The van der Waals surface area contributed by atoms with Gasteiger partial charge in [0.2, 0.25) is 0 Å². The summed E-state index contributed by atoms with van der Waals surface area (Å²) in [4.78, 5) is 34.2. The molecular formula is C36H39N5O2. The van der Waals surface area contributed by atoms with Crippen molar-refractivity contribution in [3.05, 3.63) is 113 Å². The van der Waals surface area contributed by atoms with Gasteiger partial charge in [0.25, 0.3) is 11.8 Å². The second kappa shape index (κ2) is 12.5. The zero-order valence-corrected chi connectivity index (χ0v) is 25.2. The first kappa shape index (κ1) is 28.8. The van der Waals surface area contributed by atoms with Gasteiger partial charge in [-0.2, -0.15) is 0 Å². The van der Waals surface area contributed by atoms with Crippen LogP contribution in [0.2, 0.25) is 0 Å². The first-order valence-electron chi connectivity index (χ1n) is 15.2. The predicted octanol–water partition coefficient (Wildman–Crippen LogP) is 6.40. The van der Waals surface area contributed by atoms with E-state index in [4.69, 9.17) is 0 Å². The third kappa shape index (κ3) is 5.83. The van der Waals surface area contributed by atoms with Crippen molar-refractivity contribution in [2.75, 3.05) is 13.6 Å². The van der Waals surface area contributed by atoms with Gasteiger partial charge in [0.1, 0.15) is 5.65 Å². The normalized spacial score (nSPS) is 13.9. The van der Waals surface area contributed by atoms with E-state index in [1.54, 1.807) is 6.07 Å². The molecule has 1 aliphatic rings. The lowest BCUT2D eigenvalue weighted by atomic mass is 10.1. The Morgan fingerprint density at radius 1 is 0.837 bits per heavy atom. The highest BCUT2D eigenvalue weighted by Crippen LogP contribution is 2.28. The number of hydrogen-bond acceptors (Lipinski definition) is 5. The van der Waals surface area contributed by atoms with E-state index < -0.39 is 0 Å². The SMILES string of the molecule is CCCC(C)N1C(=O)c2ccc(CNCc3ccc(CN(C)CCn4c5ccccc5c5cccnc54)cc3)cc2C1=O. The van der Waals surface area contributed by atoms with E-state index in [2.05, 4.69) is 88.3 Å². The van der Waals surface area contributed by atoms with Crippen LogP contribution in [-0.2, 0) is 26.2 Å². The van der Waals surface area contributed by atoms with Crippen molar-refractivity contribution in [3.8, 4) is 0 Å². The summed E-state index contributed by atoms with van der Waals surface area (Å²) in [5, 5.41) is 5.94. The number of hydrogen-bond donors (Lipinski definition) is 1. The van der Waals surface area contributed by atoms with Crippen LogP contribution in [0.15, 0.2) is 85.1 Å². The van der Waals surface area contributed by atoms with Crippen LogP contribution in [0.1, 0.15) is 64.1 Å². The van der Waals surface area contributed by atoms with Crippen LogP contribution in [0.5, 0.6) is 0 Å². The van der Waals surface area contributed by atoms with Crippen LogP contribution in [0.25, 0.3) is 21.9 Å². The summed E-state index contributed by atoms with van der Waals surface area (Å²) in [6.45, 7) is 8.02. The van der Waals surface area contributed by atoms with Gasteiger partial charge >= 0.3 is 0 Å². The van der Waals surface area contributed by atoms with Crippen molar-refractivity contribution in [1.29, 1.82) is 0 Å². The maximum Gasteiger partial charge on any atom is 0.261 e. The smallest absolute Gasteiger partial charge is 0.261 e. The van der Waals surface area contributed by atoms with Crippen molar-refractivity contribution < 1.29 is 9.59 Å². The van der Waals surface area contributed by atoms with Crippen LogP contribution in [0.4, 0.5) is 0 Å². The Morgan fingerprint density at radius 2 is 1.53 bits per heavy atom. The lowest BCUT2D eigenvalue weighted by Crippen LogP contribution is -2.37. The minimum Gasteiger partial charge on any atom is -0.324 e. The molecule has 5 aromatic rings. The fourth-order valence-electron chi connectivity index (χ4n) is 6.24. The molecule has 0 radical (unpaired) electrons. The van der Waals surface area contributed by atoms with Crippen LogP contribution in [0, 0.1) is 0 Å². The Hall–Kier alpha value is -4.33. The van der Waals surface area contributed by atoms with Gasteiger partial charge in [-0.25, -0.2) is 4.98 Å². The van der Waals surface area contributed by atoms with Gasteiger partial charge < -0.3 is 14.8 Å². The molecule has 1 aliphatic heterocycles. The second-order valence-corrected chi connectivity index (χ2v) is 11.7. The molecule has 220 valence electrons. The summed E-state index contributed by atoms with van der Waals surface area (Å²) in [6, 6.07) is 27.0. The molecule has 3 heterocycles. The number of carbonyl (C=O) groups is 2. The fourth-order valence-corrected chi connectivity index (χ4v) is 6.24. The maximum atomic E-state index is 13.0. The number of nitrogens with one attached hydrogen (secondary N) is 1. The van der Waals surface area contributed by atoms with Crippen LogP contribution in [0.3, 0.4) is 0 Å². The molecule has 43 heavy (non-hydrogen) atoms. The van der Waals surface area contributed by atoms with Gasteiger partial charge in [-0.3, -0.25) is 14.5 Å². The van der Waals surface area contributed by atoms with Gasteiger partial charge in [-0.05, 0) is 67.4 Å². The van der Waals surface area contributed by atoms with Crippen molar-refractivity contribution in [2.24, 2.45) is 0 Å². The van der Waals surface area contributed by atoms with Gasteiger partial charge in [-0.15, -0.1) is 0 Å². The number of amides is 2. The number of pyridine rings is 1. The van der Waals surface area contributed by atoms with Gasteiger partial charge in [0.15, 0.2) is 0 Å². The number of benzene rings is 3. The van der Waals surface area contributed by atoms with E-state index >= 15 is 0 Å². The van der Waals surface area contributed by atoms with E-state index in [1.807, 2.05) is 31.3 Å². The van der Waals surface area contributed by atoms with E-state index in [0.29, 0.717) is 17.7 Å². The summed E-state index contributed by atoms with van der Waals surface area (Å²) in [7, 11) is 2.16. The number of imide groups is 1. The van der Waals surface area contributed by atoms with Crippen LogP contribution < -0.4 is 5.32 Å². The highest BCUT2D eigenvalue weighted by Gasteiger charge is 2.38. The average molecular weight is 574 g/mol. The van der Waals surface area contributed by atoms with Crippen molar-refractivity contribution >= 4 is 33.8 Å². The summed E-state index contributed by atoms with van der Waals surface area (Å²) < 4.78 is 2.33. The fraction of sp³-hybridized carbons (Fsp3) is 0.306. The molecule has 0 saturated carbocycles. The van der Waals surface area contributed by atoms with Gasteiger partial charge in [0, 0.05) is 55.7 Å². The highest BCUT2D eigenvalue weighted by molar-refractivity contribution is 6.21. The lowest BCUT2D eigenvalue weighted by Gasteiger charge is -2.21. The molecule has 1 atom stereocenters. The summed E-state index contributed by atoms with van der Waals surface area (Å²) in [5.41, 5.74) is 6.79. The quantitative estimate of drug-likeness (QED) is 0.175. The first-order valence-corrected chi connectivity index (χ1v) is 15.2. The molecular weight excluding hydrogens is 534 g/mol. The maximum absolute atomic E-state index is 13.0. The van der Waals surface area contributed by atoms with E-state index in [0.717, 1.165) is 50.2 Å². The van der Waals surface area contributed by atoms with Crippen molar-refractivity contribution in [3.63, 3.8) is 0 Å². The Kier molecular flexibility index (Phi) is 8.36. The van der Waals surface area contributed by atoms with E-state index in [-0.39, 0.29) is 17.9 Å². The topological polar surface area (TPSA) is 70.5 Å². The number of likely N-dealkylation sites (N-methyl/N-ethyl adjacent to an activating group) is 1. The molecule has 0 bridgehead atoms. The Labute approximate surface area is 253 Å². The molecule has 1 unspecified atom stereocenters. The average Bonchev–Trinajstić information content (AvgIpc) is 3.47. The Balaban J connectivity index is 1.01. The highest BCUT2D eigenvalue weighted by atomic mass is 16.2. The van der Waals surface area contributed by atoms with E-state index in [9.17, 15) is 9.59 Å². The van der Waals surface area contributed by atoms with Gasteiger partial charge in [0.05, 0.1) is 16.6 Å². The van der Waals surface area contributed by atoms with Crippen molar-refractivity contribution in [1.82, 2.24) is 24.7 Å². The van der Waals surface area contributed by atoms with Gasteiger partial charge in [-0.1, -0.05) is 61.9 Å². The molecule has 6 rings (SSSR count). The van der Waals surface area contributed by atoms with Crippen molar-refractivity contribution in [2.45, 2.75) is 58.9 Å². The summed E-state index contributed by atoms with van der Waals surface area (Å²) in [6.07, 6.45) is 3.62. The first-order chi connectivity index (χ1) is 20.9. The second-order valence-electron chi connectivity index (χ2n) is 11.7. The molecule has 0 saturated heterocycles. The van der Waals surface area contributed by atoms with Crippen LogP contribution in [-0.4, -0.2) is 50.8 Å². The number of carbonyl (C=O) groups excluding carboxylic acids is 2. The molecule has 7 nitrogen and oxygen atoms in total. The lowest BCUT2D eigenvalue weighted by molar-refractivity contribution is 0.0589. The molecule has 2 aromatic heterocycles. The molecule has 3 aromatic carbocycles. The number of aromatic nitrogens is 2. The minimum atomic E-state index is -0.171. The molecule has 0 spiro atoms. The predicted molar refractivity (Wildman–Crippen MR) is 172 cm³/mol. The number of rotatable bonds is 12. The number of nitrogens with zero attached hydrogens (tertiary/aromatic N) is 4. The molecule has 7 heteroatoms. The Bertz CT molecular complexity index is 1720. The third-order valence-electron chi connectivity index (χ3n) is 8.50. The zero-order chi connectivity index (χ0) is 29.9. The molecule has 2 amide bonds. The Morgan fingerprint density at radius 3 is 2.35 bits per heavy atom. The van der Waals surface area contributed by atoms with E-state index in [1.165, 1.54) is 32.3 Å². The number of para-hydroxylation sites is 1. The molecule has 1 N–H and O–H groups in total. The van der Waals surface area contributed by atoms with Crippen LogP contribution >= 0.6 is 0 Å². The molecule has 0 fully saturated rings. The monoisotopic (exact) mass is 573 g/mol.